The molecule has 0 radical (unpaired) electrons. The maximum Gasteiger partial charge on any atom is 0.190 e. The standard InChI is InChI=1S/C19H20N2O/c20-16-7-9-21(10-8-16)12-15-11-14-5-1-3-13-4-2-6-17(18(13)14)19(15)22/h1-6,11,16H,7-10,12,20H2. The molecule has 0 aromatic heterocycles. The van der Waals surface area contributed by atoms with Crippen molar-refractivity contribution < 1.29 is 4.79 Å². The zero-order valence-electron chi connectivity index (χ0n) is 12.6. The molecule has 0 saturated carbocycles. The molecule has 0 bridgehead atoms. The van der Waals surface area contributed by atoms with Crippen molar-refractivity contribution >= 4 is 22.6 Å². The number of hydrogen-bond donors (Lipinski definition) is 1. The topological polar surface area (TPSA) is 46.3 Å². The number of hydrogen-bond acceptors (Lipinski definition) is 3. The van der Waals surface area contributed by atoms with E-state index in [9.17, 15) is 4.79 Å². The summed E-state index contributed by atoms with van der Waals surface area (Å²) >= 11 is 0. The van der Waals surface area contributed by atoms with Crippen LogP contribution < -0.4 is 5.73 Å². The molecule has 112 valence electrons. The molecule has 0 spiro atoms. The van der Waals surface area contributed by atoms with E-state index in [0.717, 1.165) is 59.9 Å². The molecule has 3 heteroatoms. The smallest absolute Gasteiger partial charge is 0.190 e. The number of rotatable bonds is 2. The lowest BCUT2D eigenvalue weighted by molar-refractivity contribution is 0.102. The first-order chi connectivity index (χ1) is 10.7. The molecule has 1 aliphatic heterocycles. The maximum atomic E-state index is 12.8. The first-order valence-corrected chi connectivity index (χ1v) is 7.97. The number of nitrogens with two attached hydrogens (primary N) is 1. The third-order valence-corrected chi connectivity index (χ3v) is 4.83. The molecule has 3 nitrogen and oxygen atoms in total. The van der Waals surface area contributed by atoms with Crippen molar-refractivity contribution in [3.63, 3.8) is 0 Å². The average molecular weight is 292 g/mol. The van der Waals surface area contributed by atoms with Crippen LogP contribution in [0, 0.1) is 0 Å². The van der Waals surface area contributed by atoms with Crippen molar-refractivity contribution in [1.82, 2.24) is 4.90 Å². The van der Waals surface area contributed by atoms with Gasteiger partial charge in [0.25, 0.3) is 0 Å². The quantitative estimate of drug-likeness (QED) is 0.926. The van der Waals surface area contributed by atoms with Crippen LogP contribution in [-0.2, 0) is 0 Å². The molecule has 22 heavy (non-hydrogen) atoms. The summed E-state index contributed by atoms with van der Waals surface area (Å²) in [6.07, 6.45) is 4.12. The summed E-state index contributed by atoms with van der Waals surface area (Å²) in [6.45, 7) is 2.70. The fourth-order valence-corrected chi connectivity index (χ4v) is 3.58. The SMILES string of the molecule is NC1CCN(CC2=Cc3cccc4cccc(c34)C2=O)CC1. The number of piperidine rings is 1. The van der Waals surface area contributed by atoms with E-state index >= 15 is 0 Å². The summed E-state index contributed by atoms with van der Waals surface area (Å²) in [4.78, 5) is 15.2. The monoisotopic (exact) mass is 292 g/mol. The summed E-state index contributed by atoms with van der Waals surface area (Å²) < 4.78 is 0. The highest BCUT2D eigenvalue weighted by molar-refractivity contribution is 6.22. The summed E-state index contributed by atoms with van der Waals surface area (Å²) in [5.74, 6) is 0.180. The predicted octanol–water partition coefficient (Wildman–Crippen LogP) is 2.84. The molecule has 1 saturated heterocycles. The Morgan fingerprint density at radius 1 is 1.09 bits per heavy atom. The zero-order valence-corrected chi connectivity index (χ0v) is 12.6. The number of carbonyl (C=O) groups excluding carboxylic acids is 1. The van der Waals surface area contributed by atoms with Gasteiger partial charge in [0.05, 0.1) is 0 Å². The number of nitrogens with zero attached hydrogens (tertiary/aromatic N) is 1. The lowest BCUT2D eigenvalue weighted by atomic mass is 9.87. The molecule has 2 aromatic rings. The Morgan fingerprint density at radius 2 is 1.82 bits per heavy atom. The number of Topliss-reactive ketones (excluding diaryl/α,β-unsaturated/α-hetero) is 1. The van der Waals surface area contributed by atoms with Gasteiger partial charge >= 0.3 is 0 Å². The Hall–Kier alpha value is -1.97. The van der Waals surface area contributed by atoms with Gasteiger partial charge < -0.3 is 5.73 Å². The number of ketones is 1. The Labute approximate surface area is 130 Å². The minimum absolute atomic E-state index is 0.180. The number of benzene rings is 2. The van der Waals surface area contributed by atoms with Gasteiger partial charge in [0.1, 0.15) is 0 Å². The van der Waals surface area contributed by atoms with Gasteiger partial charge in [-0.3, -0.25) is 9.69 Å². The third kappa shape index (κ3) is 2.27. The van der Waals surface area contributed by atoms with E-state index in [2.05, 4.69) is 35.2 Å². The van der Waals surface area contributed by atoms with Crippen LogP contribution in [0.1, 0.15) is 28.8 Å². The van der Waals surface area contributed by atoms with Gasteiger partial charge in [0, 0.05) is 29.1 Å². The highest BCUT2D eigenvalue weighted by Gasteiger charge is 2.24. The van der Waals surface area contributed by atoms with Crippen LogP contribution in [0.4, 0.5) is 0 Å². The minimum atomic E-state index is 0.180. The largest absolute Gasteiger partial charge is 0.328 e. The van der Waals surface area contributed by atoms with Crippen molar-refractivity contribution in [3.8, 4) is 0 Å². The fraction of sp³-hybridized carbons (Fsp3) is 0.316. The minimum Gasteiger partial charge on any atom is -0.328 e. The second-order valence-corrected chi connectivity index (χ2v) is 6.36. The first-order valence-electron chi connectivity index (χ1n) is 7.97. The molecule has 2 aliphatic rings. The van der Waals surface area contributed by atoms with E-state index in [1.807, 2.05) is 12.1 Å². The van der Waals surface area contributed by atoms with Crippen molar-refractivity contribution in [3.05, 3.63) is 53.1 Å². The molecule has 4 rings (SSSR count). The van der Waals surface area contributed by atoms with E-state index in [0.29, 0.717) is 6.04 Å². The van der Waals surface area contributed by atoms with Gasteiger partial charge in [0.15, 0.2) is 5.78 Å². The van der Waals surface area contributed by atoms with E-state index in [4.69, 9.17) is 5.73 Å². The average Bonchev–Trinajstić information content (AvgIpc) is 2.54. The second kappa shape index (κ2) is 5.34. The van der Waals surface area contributed by atoms with Gasteiger partial charge in [0.2, 0.25) is 0 Å². The van der Waals surface area contributed by atoms with Gasteiger partial charge in [-0.05, 0) is 43.0 Å². The van der Waals surface area contributed by atoms with E-state index in [1.54, 1.807) is 0 Å². The molecule has 1 heterocycles. The molecule has 0 atom stereocenters. The maximum absolute atomic E-state index is 12.8. The second-order valence-electron chi connectivity index (χ2n) is 6.36. The summed E-state index contributed by atoms with van der Waals surface area (Å²) in [7, 11) is 0. The summed E-state index contributed by atoms with van der Waals surface area (Å²) in [6, 6.07) is 12.5. The van der Waals surface area contributed by atoms with Crippen molar-refractivity contribution in [2.24, 2.45) is 5.73 Å². The van der Waals surface area contributed by atoms with Crippen LogP contribution in [-0.4, -0.2) is 36.4 Å². The molecule has 0 amide bonds. The highest BCUT2D eigenvalue weighted by Crippen LogP contribution is 2.31. The molecular weight excluding hydrogens is 272 g/mol. The lowest BCUT2D eigenvalue weighted by Gasteiger charge is -2.31. The molecule has 0 unspecified atom stereocenters. The van der Waals surface area contributed by atoms with Crippen LogP contribution in [0.25, 0.3) is 16.8 Å². The van der Waals surface area contributed by atoms with E-state index in [-0.39, 0.29) is 5.78 Å². The fourth-order valence-electron chi connectivity index (χ4n) is 3.58. The van der Waals surface area contributed by atoms with Crippen LogP contribution in [0.3, 0.4) is 0 Å². The van der Waals surface area contributed by atoms with Gasteiger partial charge in [-0.25, -0.2) is 0 Å². The van der Waals surface area contributed by atoms with E-state index in [1.165, 1.54) is 0 Å². The summed E-state index contributed by atoms with van der Waals surface area (Å²) in [5.41, 5.74) is 8.88. The third-order valence-electron chi connectivity index (χ3n) is 4.83. The first kappa shape index (κ1) is 13.7. The molecule has 2 aromatic carbocycles. The predicted molar refractivity (Wildman–Crippen MR) is 89.9 cm³/mol. The molecule has 2 N–H and O–H groups in total. The van der Waals surface area contributed by atoms with Gasteiger partial charge in [-0.1, -0.05) is 36.4 Å². The normalized spacial score (nSPS) is 19.5. The number of likely N-dealkylation sites (tertiary alicyclic amines) is 1. The highest BCUT2D eigenvalue weighted by atomic mass is 16.1. The van der Waals surface area contributed by atoms with Crippen molar-refractivity contribution in [2.75, 3.05) is 19.6 Å². The Bertz CT molecular complexity index is 765. The van der Waals surface area contributed by atoms with Crippen LogP contribution >= 0.6 is 0 Å². The van der Waals surface area contributed by atoms with Crippen LogP contribution in [0.2, 0.25) is 0 Å². The Balaban J connectivity index is 1.69. The van der Waals surface area contributed by atoms with E-state index < -0.39 is 0 Å². The Kier molecular flexibility index (Phi) is 3.32. The molecule has 1 aliphatic carbocycles. The van der Waals surface area contributed by atoms with Crippen LogP contribution in [0.5, 0.6) is 0 Å². The van der Waals surface area contributed by atoms with Crippen molar-refractivity contribution in [2.45, 2.75) is 18.9 Å². The van der Waals surface area contributed by atoms with Crippen molar-refractivity contribution in [1.29, 1.82) is 0 Å². The van der Waals surface area contributed by atoms with Gasteiger partial charge in [-0.15, -0.1) is 0 Å². The Morgan fingerprint density at radius 3 is 2.59 bits per heavy atom. The lowest BCUT2D eigenvalue weighted by Crippen LogP contribution is -2.41. The molecular formula is C19H20N2O. The van der Waals surface area contributed by atoms with Gasteiger partial charge in [-0.2, -0.15) is 0 Å². The van der Waals surface area contributed by atoms with Crippen LogP contribution in [0.15, 0.2) is 42.0 Å². The molecule has 1 fully saturated rings. The number of carbonyl (C=O) groups is 1. The zero-order chi connectivity index (χ0) is 15.1. The summed E-state index contributed by atoms with van der Waals surface area (Å²) in [5, 5.41) is 2.24.